The van der Waals surface area contributed by atoms with Gasteiger partial charge in [-0.25, -0.2) is 8.42 Å². The molecule has 0 aliphatic rings. The third kappa shape index (κ3) is 3.67. The Balaban J connectivity index is 1.91. The lowest BCUT2D eigenvalue weighted by atomic mass is 10.1. The van der Waals surface area contributed by atoms with Crippen LogP contribution >= 0.6 is 0 Å². The van der Waals surface area contributed by atoms with Gasteiger partial charge in [0.1, 0.15) is 5.75 Å². The Hall–Kier alpha value is -2.37. The summed E-state index contributed by atoms with van der Waals surface area (Å²) in [6, 6.07) is 20.4. The van der Waals surface area contributed by atoms with Crippen LogP contribution in [0.25, 0.3) is 10.8 Å². The summed E-state index contributed by atoms with van der Waals surface area (Å²) in [5, 5.41) is 1.93. The maximum absolute atomic E-state index is 12.9. The Labute approximate surface area is 148 Å². The minimum absolute atomic E-state index is 0.255. The van der Waals surface area contributed by atoms with Crippen molar-refractivity contribution >= 4 is 20.8 Å². The first-order valence-electron chi connectivity index (χ1n) is 8.18. The van der Waals surface area contributed by atoms with Gasteiger partial charge >= 0.3 is 0 Å². The highest BCUT2D eigenvalue weighted by Gasteiger charge is 2.22. The van der Waals surface area contributed by atoms with Gasteiger partial charge in [0.05, 0.1) is 11.5 Å². The molecule has 3 rings (SSSR count). The molecule has 0 saturated heterocycles. The first kappa shape index (κ1) is 17.5. The van der Waals surface area contributed by atoms with Gasteiger partial charge in [-0.15, -0.1) is 0 Å². The minimum Gasteiger partial charge on any atom is -0.494 e. The van der Waals surface area contributed by atoms with E-state index in [1.165, 1.54) is 4.31 Å². The fourth-order valence-electron chi connectivity index (χ4n) is 2.76. The SMILES string of the molecule is CCOc1ccccc1CN(C)S(=O)(=O)c1ccc2ccccc2c1. The van der Waals surface area contributed by atoms with E-state index < -0.39 is 10.0 Å². The van der Waals surface area contributed by atoms with Crippen molar-refractivity contribution < 1.29 is 13.2 Å². The molecule has 0 unspecified atom stereocenters. The van der Waals surface area contributed by atoms with E-state index in [1.54, 1.807) is 19.2 Å². The topological polar surface area (TPSA) is 46.6 Å². The zero-order chi connectivity index (χ0) is 17.9. The van der Waals surface area contributed by atoms with Gasteiger partial charge in [-0.1, -0.05) is 48.5 Å². The van der Waals surface area contributed by atoms with Gasteiger partial charge in [-0.3, -0.25) is 0 Å². The molecule has 0 aliphatic heterocycles. The lowest BCUT2D eigenvalue weighted by Gasteiger charge is -2.19. The second-order valence-electron chi connectivity index (χ2n) is 5.81. The predicted molar refractivity (Wildman–Crippen MR) is 100 cm³/mol. The van der Waals surface area contributed by atoms with Crippen molar-refractivity contribution in [3.05, 3.63) is 72.3 Å². The van der Waals surface area contributed by atoms with Crippen LogP contribution in [-0.2, 0) is 16.6 Å². The van der Waals surface area contributed by atoms with Crippen molar-refractivity contribution in [2.45, 2.75) is 18.4 Å². The maximum Gasteiger partial charge on any atom is 0.243 e. The predicted octanol–water partition coefficient (Wildman–Crippen LogP) is 4.06. The lowest BCUT2D eigenvalue weighted by Crippen LogP contribution is -2.26. The normalized spacial score (nSPS) is 11.8. The Morgan fingerprint density at radius 2 is 1.60 bits per heavy atom. The number of para-hydroxylation sites is 1. The van der Waals surface area contributed by atoms with Crippen LogP contribution in [0.4, 0.5) is 0 Å². The van der Waals surface area contributed by atoms with Crippen LogP contribution in [0.5, 0.6) is 5.75 Å². The second kappa shape index (κ2) is 7.25. The van der Waals surface area contributed by atoms with E-state index in [9.17, 15) is 8.42 Å². The molecule has 4 nitrogen and oxygen atoms in total. The van der Waals surface area contributed by atoms with Gasteiger partial charge in [0.15, 0.2) is 0 Å². The summed E-state index contributed by atoms with van der Waals surface area (Å²) in [6.07, 6.45) is 0. The summed E-state index contributed by atoms with van der Waals surface area (Å²) in [4.78, 5) is 0.294. The quantitative estimate of drug-likeness (QED) is 0.670. The highest BCUT2D eigenvalue weighted by Crippen LogP contribution is 2.25. The highest BCUT2D eigenvalue weighted by atomic mass is 32.2. The Kier molecular flexibility index (Phi) is 5.06. The summed E-state index contributed by atoms with van der Waals surface area (Å²) < 4.78 is 32.8. The van der Waals surface area contributed by atoms with Crippen molar-refractivity contribution in [3.63, 3.8) is 0 Å². The molecule has 0 saturated carbocycles. The average Bonchev–Trinajstić information content (AvgIpc) is 2.63. The third-order valence-electron chi connectivity index (χ3n) is 4.09. The van der Waals surface area contributed by atoms with E-state index in [-0.39, 0.29) is 6.54 Å². The summed E-state index contributed by atoms with van der Waals surface area (Å²) in [5.74, 6) is 0.713. The fourth-order valence-corrected chi connectivity index (χ4v) is 3.95. The summed E-state index contributed by atoms with van der Waals surface area (Å²) in [7, 11) is -1.99. The van der Waals surface area contributed by atoms with E-state index in [0.29, 0.717) is 17.3 Å². The lowest BCUT2D eigenvalue weighted by molar-refractivity contribution is 0.332. The van der Waals surface area contributed by atoms with E-state index >= 15 is 0 Å². The zero-order valence-electron chi connectivity index (χ0n) is 14.3. The average molecular weight is 355 g/mol. The number of hydrogen-bond donors (Lipinski definition) is 0. The van der Waals surface area contributed by atoms with E-state index in [1.807, 2.05) is 61.5 Å². The standard InChI is InChI=1S/C20H21NO3S/c1-3-24-20-11-7-6-10-18(20)15-21(2)25(22,23)19-13-12-16-8-4-5-9-17(16)14-19/h4-14H,3,15H2,1-2H3. The minimum atomic E-state index is -3.58. The molecule has 0 aromatic heterocycles. The van der Waals surface area contributed by atoms with E-state index in [2.05, 4.69) is 0 Å². The second-order valence-corrected chi connectivity index (χ2v) is 7.86. The van der Waals surface area contributed by atoms with Crippen molar-refractivity contribution in [3.8, 4) is 5.75 Å². The first-order chi connectivity index (χ1) is 12.0. The molecular formula is C20H21NO3S. The van der Waals surface area contributed by atoms with Gasteiger partial charge in [-0.2, -0.15) is 4.31 Å². The van der Waals surface area contributed by atoms with Crippen LogP contribution in [-0.4, -0.2) is 26.4 Å². The molecule has 0 radical (unpaired) electrons. The fraction of sp³-hybridized carbons (Fsp3) is 0.200. The Bertz CT molecular complexity index is 983. The van der Waals surface area contributed by atoms with Crippen LogP contribution in [0.1, 0.15) is 12.5 Å². The number of nitrogens with zero attached hydrogens (tertiary/aromatic N) is 1. The van der Waals surface area contributed by atoms with Crippen LogP contribution in [0.15, 0.2) is 71.6 Å². The third-order valence-corrected chi connectivity index (χ3v) is 5.89. The number of ether oxygens (including phenoxy) is 1. The van der Waals surface area contributed by atoms with Crippen molar-refractivity contribution in [1.29, 1.82) is 0 Å². The summed E-state index contributed by atoms with van der Waals surface area (Å²) in [6.45, 7) is 2.70. The molecule has 0 spiro atoms. The smallest absolute Gasteiger partial charge is 0.243 e. The van der Waals surface area contributed by atoms with Gasteiger partial charge in [0.25, 0.3) is 0 Å². The highest BCUT2D eigenvalue weighted by molar-refractivity contribution is 7.89. The molecule has 130 valence electrons. The molecule has 25 heavy (non-hydrogen) atoms. The summed E-state index contributed by atoms with van der Waals surface area (Å²) in [5.41, 5.74) is 0.844. The van der Waals surface area contributed by atoms with Gasteiger partial charge in [-0.05, 0) is 35.9 Å². The van der Waals surface area contributed by atoms with Crippen molar-refractivity contribution in [2.75, 3.05) is 13.7 Å². The Morgan fingerprint density at radius 3 is 2.36 bits per heavy atom. The molecule has 5 heteroatoms. The number of sulfonamides is 1. The maximum atomic E-state index is 12.9. The van der Waals surface area contributed by atoms with Crippen LogP contribution in [0.2, 0.25) is 0 Å². The molecule has 0 amide bonds. The monoisotopic (exact) mass is 355 g/mol. The number of fused-ring (bicyclic) bond motifs is 1. The first-order valence-corrected chi connectivity index (χ1v) is 9.62. The van der Waals surface area contributed by atoms with Crippen LogP contribution in [0.3, 0.4) is 0 Å². The molecule has 0 aliphatic carbocycles. The molecule has 0 heterocycles. The molecular weight excluding hydrogens is 334 g/mol. The van der Waals surface area contributed by atoms with Crippen molar-refractivity contribution in [2.24, 2.45) is 0 Å². The zero-order valence-corrected chi connectivity index (χ0v) is 15.2. The number of rotatable bonds is 6. The molecule has 0 N–H and O–H groups in total. The molecule has 3 aromatic rings. The summed E-state index contributed by atoms with van der Waals surface area (Å²) >= 11 is 0. The van der Waals surface area contributed by atoms with Crippen LogP contribution < -0.4 is 4.74 Å². The van der Waals surface area contributed by atoms with Gasteiger partial charge in [0, 0.05) is 19.2 Å². The van der Waals surface area contributed by atoms with Crippen LogP contribution in [0, 0.1) is 0 Å². The van der Waals surface area contributed by atoms with Gasteiger partial charge < -0.3 is 4.74 Å². The number of benzene rings is 3. The van der Waals surface area contributed by atoms with Crippen molar-refractivity contribution in [1.82, 2.24) is 4.31 Å². The van der Waals surface area contributed by atoms with E-state index in [0.717, 1.165) is 16.3 Å². The molecule has 0 bridgehead atoms. The molecule has 0 fully saturated rings. The Morgan fingerprint density at radius 1 is 0.920 bits per heavy atom. The van der Waals surface area contributed by atoms with Gasteiger partial charge in [0.2, 0.25) is 10.0 Å². The molecule has 3 aromatic carbocycles. The molecule has 0 atom stereocenters. The van der Waals surface area contributed by atoms with E-state index in [4.69, 9.17) is 4.74 Å². The number of hydrogen-bond acceptors (Lipinski definition) is 3. The largest absolute Gasteiger partial charge is 0.494 e.